The van der Waals surface area contributed by atoms with Crippen LogP contribution in [0.5, 0.6) is 0 Å². The summed E-state index contributed by atoms with van der Waals surface area (Å²) in [6, 6.07) is 11.4. The first-order valence-corrected chi connectivity index (χ1v) is 10.9. The first-order chi connectivity index (χ1) is 14.6. The van der Waals surface area contributed by atoms with Crippen LogP contribution in [0.15, 0.2) is 57.8 Å². The molecule has 3 heterocycles. The minimum absolute atomic E-state index is 0.0613. The zero-order valence-electron chi connectivity index (χ0n) is 16.0. The highest BCUT2D eigenvalue weighted by Gasteiger charge is 2.13. The fraction of sp³-hybridized carbons (Fsp3) is 0.143. The molecule has 0 saturated heterocycles. The molecular formula is C21H18N4O3S2. The number of carbonyl (C=O) groups excluding carboxylic acids is 2. The molecule has 4 rings (SSSR count). The molecule has 7 nitrogen and oxygen atoms in total. The quantitative estimate of drug-likeness (QED) is 0.447. The van der Waals surface area contributed by atoms with E-state index in [4.69, 9.17) is 4.42 Å². The number of thiazole rings is 2. The van der Waals surface area contributed by atoms with Crippen molar-refractivity contribution in [1.82, 2.24) is 15.3 Å². The van der Waals surface area contributed by atoms with Gasteiger partial charge in [0.25, 0.3) is 0 Å². The highest BCUT2D eigenvalue weighted by Crippen LogP contribution is 2.26. The van der Waals surface area contributed by atoms with Crippen LogP contribution in [0.4, 0.5) is 5.13 Å². The molecule has 2 amide bonds. The largest absolute Gasteiger partial charge is 0.462 e. The van der Waals surface area contributed by atoms with Crippen molar-refractivity contribution >= 4 is 39.6 Å². The maximum atomic E-state index is 12.4. The molecule has 0 aliphatic carbocycles. The van der Waals surface area contributed by atoms with Gasteiger partial charge in [-0.2, -0.15) is 0 Å². The van der Waals surface area contributed by atoms with E-state index in [2.05, 4.69) is 20.6 Å². The third kappa shape index (κ3) is 5.00. The van der Waals surface area contributed by atoms with Crippen molar-refractivity contribution in [3.63, 3.8) is 0 Å². The number of benzene rings is 1. The van der Waals surface area contributed by atoms with Gasteiger partial charge in [-0.1, -0.05) is 24.3 Å². The van der Waals surface area contributed by atoms with Crippen LogP contribution < -0.4 is 10.6 Å². The van der Waals surface area contributed by atoms with Crippen LogP contribution in [-0.2, 0) is 22.6 Å². The fourth-order valence-electron chi connectivity index (χ4n) is 2.71. The zero-order valence-corrected chi connectivity index (χ0v) is 17.7. The van der Waals surface area contributed by atoms with E-state index in [1.165, 1.54) is 29.6 Å². The van der Waals surface area contributed by atoms with E-state index in [9.17, 15) is 9.59 Å². The molecule has 1 aromatic carbocycles. The van der Waals surface area contributed by atoms with E-state index in [0.29, 0.717) is 23.1 Å². The number of anilines is 1. The fourth-order valence-corrected chi connectivity index (χ4v) is 4.24. The normalized spacial score (nSPS) is 10.7. The lowest BCUT2D eigenvalue weighted by Crippen LogP contribution is -2.18. The van der Waals surface area contributed by atoms with E-state index >= 15 is 0 Å². The molecule has 152 valence electrons. The van der Waals surface area contributed by atoms with Gasteiger partial charge in [-0.05, 0) is 17.7 Å². The van der Waals surface area contributed by atoms with Crippen LogP contribution >= 0.6 is 22.7 Å². The summed E-state index contributed by atoms with van der Waals surface area (Å²) in [5, 5.41) is 10.6. The lowest BCUT2D eigenvalue weighted by Gasteiger charge is -2.03. The highest BCUT2D eigenvalue weighted by atomic mass is 32.1. The molecule has 4 aromatic rings. The van der Waals surface area contributed by atoms with Crippen molar-refractivity contribution in [2.24, 2.45) is 0 Å². The van der Waals surface area contributed by atoms with E-state index in [0.717, 1.165) is 21.8 Å². The summed E-state index contributed by atoms with van der Waals surface area (Å²) in [7, 11) is 0. The summed E-state index contributed by atoms with van der Waals surface area (Å²) in [4.78, 5) is 32.3. The smallest absolute Gasteiger partial charge is 0.232 e. The van der Waals surface area contributed by atoms with Crippen LogP contribution in [0.1, 0.15) is 18.2 Å². The highest BCUT2D eigenvalue weighted by molar-refractivity contribution is 7.14. The maximum Gasteiger partial charge on any atom is 0.232 e. The molecule has 0 fully saturated rings. The Morgan fingerprint density at radius 3 is 2.63 bits per heavy atom. The lowest BCUT2D eigenvalue weighted by molar-refractivity contribution is -0.119. The number of nitrogens with one attached hydrogen (secondary N) is 2. The Hall–Kier alpha value is -3.30. The molecule has 0 radical (unpaired) electrons. The number of hydrogen-bond acceptors (Lipinski definition) is 7. The summed E-state index contributed by atoms with van der Waals surface area (Å²) in [5.74, 6) is 0.464. The van der Waals surface area contributed by atoms with Crippen LogP contribution in [-0.4, -0.2) is 21.8 Å². The van der Waals surface area contributed by atoms with Gasteiger partial charge >= 0.3 is 0 Å². The molecule has 0 aliphatic rings. The van der Waals surface area contributed by atoms with Crippen molar-refractivity contribution in [2.75, 3.05) is 5.32 Å². The Bertz CT molecular complexity index is 1150. The Morgan fingerprint density at radius 2 is 1.90 bits per heavy atom. The molecule has 0 bridgehead atoms. The summed E-state index contributed by atoms with van der Waals surface area (Å²) >= 11 is 2.81. The van der Waals surface area contributed by atoms with Gasteiger partial charge in [0.1, 0.15) is 0 Å². The second kappa shape index (κ2) is 9.02. The first kappa shape index (κ1) is 20.0. The van der Waals surface area contributed by atoms with Crippen molar-refractivity contribution in [1.29, 1.82) is 0 Å². The Labute approximate surface area is 180 Å². The molecule has 2 N–H and O–H groups in total. The monoisotopic (exact) mass is 438 g/mol. The molecule has 9 heteroatoms. The Kier molecular flexibility index (Phi) is 6.01. The van der Waals surface area contributed by atoms with Crippen LogP contribution in [0.3, 0.4) is 0 Å². The van der Waals surface area contributed by atoms with Crippen molar-refractivity contribution < 1.29 is 14.0 Å². The summed E-state index contributed by atoms with van der Waals surface area (Å²) in [6.07, 6.45) is 1.77. The number of hydrogen-bond donors (Lipinski definition) is 2. The van der Waals surface area contributed by atoms with E-state index in [1.807, 2.05) is 41.1 Å². The lowest BCUT2D eigenvalue weighted by atomic mass is 10.1. The Balaban J connectivity index is 1.35. The minimum Gasteiger partial charge on any atom is -0.462 e. The second-order valence-corrected chi connectivity index (χ2v) is 8.21. The van der Waals surface area contributed by atoms with Gasteiger partial charge in [0.15, 0.2) is 15.9 Å². The maximum absolute atomic E-state index is 12.4. The van der Waals surface area contributed by atoms with Gasteiger partial charge in [-0.25, -0.2) is 9.97 Å². The summed E-state index contributed by atoms with van der Waals surface area (Å²) in [5.41, 5.74) is 3.43. The van der Waals surface area contributed by atoms with Crippen molar-refractivity contribution in [2.45, 2.75) is 19.9 Å². The third-order valence-electron chi connectivity index (χ3n) is 4.17. The number of rotatable bonds is 7. The van der Waals surface area contributed by atoms with Gasteiger partial charge in [-0.3, -0.25) is 9.59 Å². The SMILES string of the molecule is CC(=O)NCc1ccc(-c2csc(NC(=O)Cc3csc(-c4ccco4)n3)n2)cc1. The molecule has 3 aromatic heterocycles. The molecular weight excluding hydrogens is 420 g/mol. The van der Waals surface area contributed by atoms with Crippen molar-refractivity contribution in [3.8, 4) is 22.0 Å². The topological polar surface area (TPSA) is 97.1 Å². The van der Waals surface area contributed by atoms with Crippen molar-refractivity contribution in [3.05, 3.63) is 64.7 Å². The first-order valence-electron chi connectivity index (χ1n) is 9.14. The van der Waals surface area contributed by atoms with Crippen LogP contribution in [0, 0.1) is 0 Å². The number of carbonyl (C=O) groups is 2. The second-order valence-electron chi connectivity index (χ2n) is 6.49. The predicted octanol–water partition coefficient (Wildman–Crippen LogP) is 4.34. The zero-order chi connectivity index (χ0) is 20.9. The number of aromatic nitrogens is 2. The molecule has 0 saturated carbocycles. The van der Waals surface area contributed by atoms with Crippen LogP contribution in [0.2, 0.25) is 0 Å². The number of furan rings is 1. The number of amides is 2. The van der Waals surface area contributed by atoms with Gasteiger partial charge in [0.05, 0.1) is 24.1 Å². The van der Waals surface area contributed by atoms with E-state index < -0.39 is 0 Å². The predicted molar refractivity (Wildman–Crippen MR) is 117 cm³/mol. The molecule has 30 heavy (non-hydrogen) atoms. The third-order valence-corrected chi connectivity index (χ3v) is 5.83. The average Bonchev–Trinajstić information content (AvgIpc) is 3.48. The van der Waals surface area contributed by atoms with Gasteiger partial charge in [-0.15, -0.1) is 22.7 Å². The molecule has 0 aliphatic heterocycles. The van der Waals surface area contributed by atoms with E-state index in [1.54, 1.807) is 12.3 Å². The molecule has 0 atom stereocenters. The minimum atomic E-state index is -0.169. The standard InChI is InChI=1S/C21H18N4O3S2/c1-13(26)22-10-14-4-6-15(7-5-14)17-12-30-21(24-17)25-19(27)9-16-11-29-20(23-16)18-3-2-8-28-18/h2-8,11-12H,9-10H2,1H3,(H,22,26)(H,24,25,27). The van der Waals surface area contributed by atoms with Gasteiger partial charge in [0.2, 0.25) is 11.8 Å². The summed E-state index contributed by atoms with van der Waals surface area (Å²) in [6.45, 7) is 1.98. The summed E-state index contributed by atoms with van der Waals surface area (Å²) < 4.78 is 5.33. The molecule has 0 spiro atoms. The van der Waals surface area contributed by atoms with Gasteiger partial charge < -0.3 is 15.1 Å². The van der Waals surface area contributed by atoms with Crippen LogP contribution in [0.25, 0.3) is 22.0 Å². The van der Waals surface area contributed by atoms with Gasteiger partial charge in [0, 0.05) is 29.8 Å². The Morgan fingerprint density at radius 1 is 1.07 bits per heavy atom. The molecule has 0 unspecified atom stereocenters. The van der Waals surface area contributed by atoms with E-state index in [-0.39, 0.29) is 18.2 Å². The average molecular weight is 439 g/mol. The number of nitrogens with zero attached hydrogens (tertiary/aromatic N) is 2.